The third-order valence-electron chi connectivity index (χ3n) is 4.68. The van der Waals surface area contributed by atoms with Crippen LogP contribution in [0.5, 0.6) is 0 Å². The Balaban J connectivity index is 1.90. The van der Waals surface area contributed by atoms with Gasteiger partial charge in [-0.2, -0.15) is 0 Å². The summed E-state index contributed by atoms with van der Waals surface area (Å²) in [5.41, 5.74) is 4.17. The molecule has 1 saturated heterocycles. The summed E-state index contributed by atoms with van der Waals surface area (Å²) in [5, 5.41) is 3.91. The van der Waals surface area contributed by atoms with Crippen molar-refractivity contribution in [1.29, 1.82) is 0 Å². The lowest BCUT2D eigenvalue weighted by molar-refractivity contribution is -0.145. The number of oxime groups is 1. The van der Waals surface area contributed by atoms with Gasteiger partial charge >= 0.3 is 5.97 Å². The van der Waals surface area contributed by atoms with Crippen molar-refractivity contribution in [3.8, 4) is 11.1 Å². The van der Waals surface area contributed by atoms with E-state index in [1.165, 1.54) is 19.1 Å². The Bertz CT molecular complexity index is 877. The van der Waals surface area contributed by atoms with Crippen molar-refractivity contribution in [3.05, 3.63) is 59.7 Å². The number of nitrogens with zero attached hydrogens (tertiary/aromatic N) is 2. The van der Waals surface area contributed by atoms with Gasteiger partial charge in [0.2, 0.25) is 0 Å². The molecular weight excluding hydrogens is 344 g/mol. The van der Waals surface area contributed by atoms with Gasteiger partial charge in [0, 0.05) is 12.0 Å². The predicted molar refractivity (Wildman–Crippen MR) is 103 cm³/mol. The second-order valence-electron chi connectivity index (χ2n) is 6.41. The van der Waals surface area contributed by atoms with Gasteiger partial charge in [-0.25, -0.2) is 4.79 Å². The number of rotatable bonds is 4. The summed E-state index contributed by atoms with van der Waals surface area (Å²) in [4.78, 5) is 31.5. The van der Waals surface area contributed by atoms with Crippen LogP contribution in [0.1, 0.15) is 22.3 Å². The van der Waals surface area contributed by atoms with Crippen LogP contribution in [0.3, 0.4) is 0 Å². The fourth-order valence-electron chi connectivity index (χ4n) is 3.33. The standard InChI is InChI=1S/C21H22N2O4/c1-14-11-16(15-7-5-4-6-8-15)9-10-18(14)20(24)23-13-17(22-27-3)12-19(23)21(25)26-2/h4-11,19H,12-13H2,1-3H3/t19-/m0/s1. The molecule has 0 aromatic heterocycles. The highest BCUT2D eigenvalue weighted by molar-refractivity contribution is 6.05. The van der Waals surface area contributed by atoms with Crippen molar-refractivity contribution in [2.24, 2.45) is 5.16 Å². The SMILES string of the molecule is CON=C1C[C@@H](C(=O)OC)N(C(=O)c2ccc(-c3ccccc3)cc2C)C1. The molecule has 1 aliphatic heterocycles. The number of benzene rings is 2. The number of amides is 1. The summed E-state index contributed by atoms with van der Waals surface area (Å²) >= 11 is 0. The van der Waals surface area contributed by atoms with Crippen LogP contribution in [0.4, 0.5) is 0 Å². The lowest BCUT2D eigenvalue weighted by atomic mass is 9.99. The highest BCUT2D eigenvalue weighted by Crippen LogP contribution is 2.25. The van der Waals surface area contributed by atoms with E-state index < -0.39 is 12.0 Å². The Morgan fingerprint density at radius 2 is 1.81 bits per heavy atom. The molecule has 0 unspecified atom stereocenters. The summed E-state index contributed by atoms with van der Waals surface area (Å²) < 4.78 is 4.86. The molecule has 0 radical (unpaired) electrons. The third kappa shape index (κ3) is 3.84. The summed E-state index contributed by atoms with van der Waals surface area (Å²) in [7, 11) is 2.76. The fraction of sp³-hybridized carbons (Fsp3) is 0.286. The normalized spacial score (nSPS) is 17.8. The molecule has 2 aromatic carbocycles. The van der Waals surface area contributed by atoms with Crippen molar-refractivity contribution >= 4 is 17.6 Å². The minimum atomic E-state index is -0.690. The lowest BCUT2D eigenvalue weighted by Crippen LogP contribution is -2.41. The highest BCUT2D eigenvalue weighted by Gasteiger charge is 2.39. The zero-order valence-electron chi connectivity index (χ0n) is 15.6. The summed E-state index contributed by atoms with van der Waals surface area (Å²) in [5.74, 6) is -0.674. The molecule has 1 atom stereocenters. The van der Waals surface area contributed by atoms with Gasteiger partial charge in [-0.1, -0.05) is 47.6 Å². The quantitative estimate of drug-likeness (QED) is 0.616. The third-order valence-corrected chi connectivity index (χ3v) is 4.68. The maximum Gasteiger partial charge on any atom is 0.329 e. The van der Waals surface area contributed by atoms with E-state index in [2.05, 4.69) is 5.16 Å². The van der Waals surface area contributed by atoms with Gasteiger partial charge in [0.05, 0.1) is 19.4 Å². The first kappa shape index (κ1) is 18.6. The minimum absolute atomic E-state index is 0.219. The molecule has 1 aliphatic rings. The fourth-order valence-corrected chi connectivity index (χ4v) is 3.33. The van der Waals surface area contributed by atoms with Crippen molar-refractivity contribution in [3.63, 3.8) is 0 Å². The van der Waals surface area contributed by atoms with E-state index in [-0.39, 0.29) is 12.5 Å². The highest BCUT2D eigenvalue weighted by atomic mass is 16.6. The number of hydrogen-bond acceptors (Lipinski definition) is 5. The van der Waals surface area contributed by atoms with Crippen LogP contribution in [0.25, 0.3) is 11.1 Å². The maximum absolute atomic E-state index is 13.1. The Hall–Kier alpha value is -3.15. The molecule has 0 bridgehead atoms. The molecule has 6 nitrogen and oxygen atoms in total. The van der Waals surface area contributed by atoms with Gasteiger partial charge in [0.15, 0.2) is 0 Å². The molecule has 0 N–H and O–H groups in total. The van der Waals surface area contributed by atoms with E-state index in [0.717, 1.165) is 16.7 Å². The zero-order valence-corrected chi connectivity index (χ0v) is 15.6. The Labute approximate surface area is 158 Å². The summed E-state index contributed by atoms with van der Waals surface area (Å²) in [6.45, 7) is 2.14. The molecule has 3 rings (SSSR count). The molecule has 0 aliphatic carbocycles. The minimum Gasteiger partial charge on any atom is -0.467 e. The number of hydrogen-bond donors (Lipinski definition) is 0. The first-order valence-electron chi connectivity index (χ1n) is 8.69. The zero-order chi connectivity index (χ0) is 19.4. The summed E-state index contributed by atoms with van der Waals surface area (Å²) in [6, 6.07) is 15.0. The van der Waals surface area contributed by atoms with Crippen molar-refractivity contribution < 1.29 is 19.2 Å². The molecule has 2 aromatic rings. The van der Waals surface area contributed by atoms with Crippen molar-refractivity contribution in [1.82, 2.24) is 4.90 Å². The van der Waals surface area contributed by atoms with Gasteiger partial charge in [-0.05, 0) is 29.7 Å². The smallest absolute Gasteiger partial charge is 0.329 e. The number of carbonyl (C=O) groups excluding carboxylic acids is 2. The second kappa shape index (κ2) is 8.03. The lowest BCUT2D eigenvalue weighted by Gasteiger charge is -2.23. The number of carbonyl (C=O) groups is 2. The van der Waals surface area contributed by atoms with E-state index in [9.17, 15) is 9.59 Å². The monoisotopic (exact) mass is 366 g/mol. The van der Waals surface area contributed by atoms with E-state index in [4.69, 9.17) is 9.57 Å². The molecule has 1 fully saturated rings. The van der Waals surface area contributed by atoms with Crippen LogP contribution in [-0.2, 0) is 14.4 Å². The van der Waals surface area contributed by atoms with Crippen LogP contribution in [0, 0.1) is 6.92 Å². The Morgan fingerprint density at radius 1 is 1.07 bits per heavy atom. The van der Waals surface area contributed by atoms with Crippen LogP contribution in [0.2, 0.25) is 0 Å². The Morgan fingerprint density at radius 3 is 2.44 bits per heavy atom. The van der Waals surface area contributed by atoms with Crippen molar-refractivity contribution in [2.75, 3.05) is 20.8 Å². The molecule has 1 heterocycles. The van der Waals surface area contributed by atoms with Crippen LogP contribution in [-0.4, -0.2) is 49.3 Å². The van der Waals surface area contributed by atoms with E-state index >= 15 is 0 Å². The molecule has 0 spiro atoms. The topological polar surface area (TPSA) is 68.2 Å². The van der Waals surface area contributed by atoms with Gasteiger partial charge < -0.3 is 14.5 Å². The predicted octanol–water partition coefficient (Wildman–Crippen LogP) is 3.05. The molecule has 6 heteroatoms. The number of likely N-dealkylation sites (tertiary alicyclic amines) is 1. The molecule has 140 valence electrons. The number of esters is 1. The van der Waals surface area contributed by atoms with Gasteiger partial charge in [-0.3, -0.25) is 4.79 Å². The molecule has 27 heavy (non-hydrogen) atoms. The number of aryl methyl sites for hydroxylation is 1. The van der Waals surface area contributed by atoms with Crippen molar-refractivity contribution in [2.45, 2.75) is 19.4 Å². The van der Waals surface area contributed by atoms with Crippen LogP contribution >= 0.6 is 0 Å². The second-order valence-corrected chi connectivity index (χ2v) is 6.41. The average Bonchev–Trinajstić information content (AvgIpc) is 3.11. The Kier molecular flexibility index (Phi) is 5.54. The van der Waals surface area contributed by atoms with E-state index in [1.807, 2.05) is 49.4 Å². The first-order chi connectivity index (χ1) is 13.0. The average molecular weight is 366 g/mol. The first-order valence-corrected chi connectivity index (χ1v) is 8.69. The van der Waals surface area contributed by atoms with Gasteiger partial charge in [0.25, 0.3) is 5.91 Å². The van der Waals surface area contributed by atoms with Gasteiger partial charge in [0.1, 0.15) is 13.2 Å². The molecule has 0 saturated carbocycles. The molecular formula is C21H22N2O4. The van der Waals surface area contributed by atoms with E-state index in [0.29, 0.717) is 17.7 Å². The van der Waals surface area contributed by atoms with Gasteiger partial charge in [-0.15, -0.1) is 0 Å². The van der Waals surface area contributed by atoms with E-state index in [1.54, 1.807) is 6.07 Å². The number of methoxy groups -OCH3 is 1. The van der Waals surface area contributed by atoms with Crippen LogP contribution < -0.4 is 0 Å². The number of ether oxygens (including phenoxy) is 1. The molecule has 1 amide bonds. The summed E-state index contributed by atoms with van der Waals surface area (Å²) in [6.07, 6.45) is 0.313. The maximum atomic E-state index is 13.1. The largest absolute Gasteiger partial charge is 0.467 e. The van der Waals surface area contributed by atoms with Crippen LogP contribution in [0.15, 0.2) is 53.7 Å².